The predicted octanol–water partition coefficient (Wildman–Crippen LogP) is 2.92. The van der Waals surface area contributed by atoms with Crippen LogP contribution in [-0.4, -0.2) is 11.1 Å². The van der Waals surface area contributed by atoms with Gasteiger partial charge in [-0.2, -0.15) is 0 Å². The van der Waals surface area contributed by atoms with Gasteiger partial charge in [0.25, 0.3) is 0 Å². The SMILES string of the molecule is CCC1Oc2ncccc2C1(C)CC. The van der Waals surface area contributed by atoms with Crippen molar-refractivity contribution in [2.24, 2.45) is 0 Å². The van der Waals surface area contributed by atoms with Crippen molar-refractivity contribution in [3.63, 3.8) is 0 Å². The Morgan fingerprint density at radius 2 is 2.29 bits per heavy atom. The molecule has 2 atom stereocenters. The van der Waals surface area contributed by atoms with Crippen LogP contribution in [0.15, 0.2) is 18.3 Å². The molecule has 0 saturated heterocycles. The van der Waals surface area contributed by atoms with E-state index < -0.39 is 0 Å². The third kappa shape index (κ3) is 1.13. The van der Waals surface area contributed by atoms with E-state index in [0.29, 0.717) is 0 Å². The Bertz CT molecular complexity index is 337. The summed E-state index contributed by atoms with van der Waals surface area (Å²) in [5.74, 6) is 0.837. The van der Waals surface area contributed by atoms with E-state index in [0.717, 1.165) is 18.7 Å². The first-order valence-electron chi connectivity index (χ1n) is 5.34. The van der Waals surface area contributed by atoms with Gasteiger partial charge in [-0.1, -0.05) is 26.8 Å². The zero-order chi connectivity index (χ0) is 10.2. The zero-order valence-electron chi connectivity index (χ0n) is 9.08. The maximum absolute atomic E-state index is 5.85. The summed E-state index contributed by atoms with van der Waals surface area (Å²) in [6, 6.07) is 4.13. The van der Waals surface area contributed by atoms with Gasteiger partial charge in [0.15, 0.2) is 0 Å². The van der Waals surface area contributed by atoms with Gasteiger partial charge in [0.1, 0.15) is 6.10 Å². The summed E-state index contributed by atoms with van der Waals surface area (Å²) >= 11 is 0. The fourth-order valence-corrected chi connectivity index (χ4v) is 2.31. The molecule has 0 N–H and O–H groups in total. The highest BCUT2D eigenvalue weighted by atomic mass is 16.5. The van der Waals surface area contributed by atoms with E-state index in [4.69, 9.17) is 4.74 Å². The van der Waals surface area contributed by atoms with E-state index >= 15 is 0 Å². The summed E-state index contributed by atoms with van der Waals surface area (Å²) in [7, 11) is 0. The van der Waals surface area contributed by atoms with Gasteiger partial charge < -0.3 is 4.74 Å². The van der Waals surface area contributed by atoms with Crippen LogP contribution in [0.1, 0.15) is 39.2 Å². The lowest BCUT2D eigenvalue weighted by Crippen LogP contribution is -2.33. The summed E-state index contributed by atoms with van der Waals surface area (Å²) < 4.78 is 5.85. The number of nitrogens with zero attached hydrogens (tertiary/aromatic N) is 1. The first-order chi connectivity index (χ1) is 6.72. The first kappa shape index (κ1) is 9.50. The quantitative estimate of drug-likeness (QED) is 0.717. The average molecular weight is 191 g/mol. The predicted molar refractivity (Wildman–Crippen MR) is 56.6 cm³/mol. The van der Waals surface area contributed by atoms with Crippen LogP contribution >= 0.6 is 0 Å². The number of hydrogen-bond donors (Lipinski definition) is 0. The summed E-state index contributed by atoms with van der Waals surface area (Å²) in [5.41, 5.74) is 1.42. The Kier molecular flexibility index (Phi) is 2.22. The third-order valence-electron chi connectivity index (χ3n) is 3.46. The number of fused-ring (bicyclic) bond motifs is 1. The molecular formula is C12H17NO. The van der Waals surface area contributed by atoms with Crippen LogP contribution in [0.2, 0.25) is 0 Å². The molecule has 1 aromatic rings. The Balaban J connectivity index is 2.47. The fraction of sp³-hybridized carbons (Fsp3) is 0.583. The van der Waals surface area contributed by atoms with Crippen LogP contribution in [0.3, 0.4) is 0 Å². The van der Waals surface area contributed by atoms with Crippen LogP contribution in [-0.2, 0) is 5.41 Å². The Morgan fingerprint density at radius 1 is 1.50 bits per heavy atom. The van der Waals surface area contributed by atoms with E-state index in [-0.39, 0.29) is 11.5 Å². The molecule has 2 rings (SSSR count). The van der Waals surface area contributed by atoms with Gasteiger partial charge in [-0.05, 0) is 18.9 Å². The minimum atomic E-state index is 0.151. The third-order valence-corrected chi connectivity index (χ3v) is 3.46. The maximum atomic E-state index is 5.85. The molecule has 0 spiro atoms. The lowest BCUT2D eigenvalue weighted by atomic mass is 9.76. The number of hydrogen-bond acceptors (Lipinski definition) is 2. The zero-order valence-corrected chi connectivity index (χ0v) is 9.08. The van der Waals surface area contributed by atoms with Gasteiger partial charge in [0.05, 0.1) is 0 Å². The fourth-order valence-electron chi connectivity index (χ4n) is 2.31. The van der Waals surface area contributed by atoms with E-state index in [9.17, 15) is 0 Å². The first-order valence-corrected chi connectivity index (χ1v) is 5.34. The largest absolute Gasteiger partial charge is 0.473 e. The summed E-state index contributed by atoms with van der Waals surface area (Å²) in [4.78, 5) is 4.28. The molecule has 76 valence electrons. The lowest BCUT2D eigenvalue weighted by Gasteiger charge is -2.27. The number of aromatic nitrogens is 1. The highest BCUT2D eigenvalue weighted by Gasteiger charge is 2.43. The standard InChI is InChI=1S/C12H17NO/c1-4-10-12(3,5-2)9-7-6-8-13-11(9)14-10/h6-8,10H,4-5H2,1-3H3. The van der Waals surface area contributed by atoms with Gasteiger partial charge >= 0.3 is 0 Å². The van der Waals surface area contributed by atoms with Crippen molar-refractivity contribution in [1.29, 1.82) is 0 Å². The van der Waals surface area contributed by atoms with Crippen molar-refractivity contribution in [2.75, 3.05) is 0 Å². The van der Waals surface area contributed by atoms with Crippen molar-refractivity contribution < 1.29 is 4.74 Å². The molecule has 2 heteroatoms. The summed E-state index contributed by atoms with van der Waals surface area (Å²) in [6.45, 7) is 6.66. The molecule has 0 amide bonds. The van der Waals surface area contributed by atoms with Crippen LogP contribution in [0.4, 0.5) is 0 Å². The molecule has 0 saturated carbocycles. The molecule has 2 nitrogen and oxygen atoms in total. The number of pyridine rings is 1. The highest BCUT2D eigenvalue weighted by molar-refractivity contribution is 5.39. The lowest BCUT2D eigenvalue weighted by molar-refractivity contribution is 0.144. The maximum Gasteiger partial charge on any atom is 0.217 e. The Hall–Kier alpha value is -1.05. The molecule has 0 aliphatic carbocycles. The molecule has 0 bridgehead atoms. The normalized spacial score (nSPS) is 29.8. The van der Waals surface area contributed by atoms with Crippen molar-refractivity contribution in [1.82, 2.24) is 4.98 Å². The van der Waals surface area contributed by atoms with Gasteiger partial charge in [0.2, 0.25) is 5.88 Å². The van der Waals surface area contributed by atoms with Crippen LogP contribution in [0.25, 0.3) is 0 Å². The van der Waals surface area contributed by atoms with Crippen molar-refractivity contribution in [3.8, 4) is 5.88 Å². The minimum Gasteiger partial charge on any atom is -0.473 e. The monoisotopic (exact) mass is 191 g/mol. The minimum absolute atomic E-state index is 0.151. The van der Waals surface area contributed by atoms with Gasteiger partial charge in [-0.25, -0.2) is 4.98 Å². The smallest absolute Gasteiger partial charge is 0.217 e. The molecule has 0 radical (unpaired) electrons. The van der Waals surface area contributed by atoms with Crippen LogP contribution in [0.5, 0.6) is 5.88 Å². The van der Waals surface area contributed by atoms with Crippen molar-refractivity contribution >= 4 is 0 Å². The Labute approximate surface area is 85.3 Å². The number of ether oxygens (including phenoxy) is 1. The summed E-state index contributed by atoms with van der Waals surface area (Å²) in [6.07, 6.45) is 4.23. The van der Waals surface area contributed by atoms with Gasteiger partial charge in [-0.15, -0.1) is 0 Å². The molecular weight excluding hydrogens is 174 g/mol. The summed E-state index contributed by atoms with van der Waals surface area (Å²) in [5, 5.41) is 0. The van der Waals surface area contributed by atoms with Gasteiger partial charge in [0, 0.05) is 17.2 Å². The van der Waals surface area contributed by atoms with Crippen LogP contribution < -0.4 is 4.74 Å². The van der Waals surface area contributed by atoms with Crippen molar-refractivity contribution in [3.05, 3.63) is 23.9 Å². The highest BCUT2D eigenvalue weighted by Crippen LogP contribution is 2.44. The van der Waals surface area contributed by atoms with Crippen LogP contribution in [0, 0.1) is 0 Å². The molecule has 2 unspecified atom stereocenters. The van der Waals surface area contributed by atoms with Gasteiger partial charge in [-0.3, -0.25) is 0 Å². The van der Waals surface area contributed by atoms with E-state index in [1.807, 2.05) is 6.07 Å². The molecule has 1 aliphatic heterocycles. The average Bonchev–Trinajstić information content (AvgIpc) is 2.53. The topological polar surface area (TPSA) is 22.1 Å². The number of rotatable bonds is 2. The molecule has 1 aromatic heterocycles. The van der Waals surface area contributed by atoms with E-state index in [2.05, 4.69) is 31.8 Å². The Morgan fingerprint density at radius 3 is 2.93 bits per heavy atom. The van der Waals surface area contributed by atoms with Crippen molar-refractivity contribution in [2.45, 2.75) is 45.1 Å². The molecule has 0 aromatic carbocycles. The molecule has 1 aliphatic rings. The second kappa shape index (κ2) is 3.26. The second-order valence-corrected chi connectivity index (χ2v) is 4.14. The molecule has 0 fully saturated rings. The second-order valence-electron chi connectivity index (χ2n) is 4.14. The molecule has 2 heterocycles. The van der Waals surface area contributed by atoms with E-state index in [1.54, 1.807) is 6.20 Å². The molecule has 14 heavy (non-hydrogen) atoms. The van der Waals surface area contributed by atoms with E-state index in [1.165, 1.54) is 5.56 Å².